The summed E-state index contributed by atoms with van der Waals surface area (Å²) in [5.74, 6) is 0.751. The molecule has 6 nitrogen and oxygen atoms in total. The van der Waals surface area contributed by atoms with Gasteiger partial charge >= 0.3 is 0 Å². The van der Waals surface area contributed by atoms with Gasteiger partial charge in [-0.15, -0.1) is 0 Å². The van der Waals surface area contributed by atoms with E-state index in [2.05, 4.69) is 20.6 Å². The maximum Gasteiger partial charge on any atom is 0.191 e. The molecule has 1 unspecified atom stereocenters. The van der Waals surface area contributed by atoms with Crippen LogP contribution < -0.4 is 10.6 Å². The van der Waals surface area contributed by atoms with Crippen LogP contribution >= 0.6 is 0 Å². The second-order valence-electron chi connectivity index (χ2n) is 4.88. The minimum absolute atomic E-state index is 0.284. The Labute approximate surface area is 126 Å². The van der Waals surface area contributed by atoms with Crippen molar-refractivity contribution in [1.82, 2.24) is 15.6 Å². The number of aromatic nitrogens is 1. The van der Waals surface area contributed by atoms with Crippen LogP contribution in [0.25, 0.3) is 0 Å². The van der Waals surface area contributed by atoms with Gasteiger partial charge in [0, 0.05) is 26.4 Å². The van der Waals surface area contributed by atoms with Gasteiger partial charge in [-0.25, -0.2) is 0 Å². The average molecular weight is 292 g/mol. The monoisotopic (exact) mass is 292 g/mol. The molecule has 6 heteroatoms. The number of aliphatic imine (C=N–C) groups is 1. The number of nitrogens with zero attached hydrogens (tertiary/aromatic N) is 2. The summed E-state index contributed by atoms with van der Waals surface area (Å²) in [4.78, 5) is 8.42. The fourth-order valence-electron chi connectivity index (χ4n) is 2.13. The highest BCUT2D eigenvalue weighted by molar-refractivity contribution is 5.79. The number of pyridine rings is 1. The molecular formula is C15H24N4O2. The van der Waals surface area contributed by atoms with E-state index in [1.165, 1.54) is 0 Å². The summed E-state index contributed by atoms with van der Waals surface area (Å²) >= 11 is 0. The number of guanidine groups is 1. The van der Waals surface area contributed by atoms with E-state index < -0.39 is 0 Å². The average Bonchev–Trinajstić information content (AvgIpc) is 3.04. The standard InChI is InChI=1S/C15H24N4O2/c1-16-15(19-11-13-5-2-3-7-17-13)18-8-10-20-12-14-6-4-9-21-14/h2-3,5,7,14H,4,6,8-12H2,1H3,(H2,16,18,19). The zero-order valence-corrected chi connectivity index (χ0v) is 12.5. The third-order valence-corrected chi connectivity index (χ3v) is 3.25. The molecule has 1 aliphatic heterocycles. The lowest BCUT2D eigenvalue weighted by Gasteiger charge is -2.13. The molecule has 0 aromatic carbocycles. The van der Waals surface area contributed by atoms with E-state index in [4.69, 9.17) is 9.47 Å². The van der Waals surface area contributed by atoms with Gasteiger partial charge in [-0.1, -0.05) is 6.07 Å². The molecule has 2 heterocycles. The molecule has 0 aliphatic carbocycles. The second-order valence-corrected chi connectivity index (χ2v) is 4.88. The van der Waals surface area contributed by atoms with Crippen LogP contribution in [0, 0.1) is 0 Å². The maximum absolute atomic E-state index is 5.59. The van der Waals surface area contributed by atoms with Crippen LogP contribution in [-0.4, -0.2) is 50.5 Å². The molecule has 116 valence electrons. The summed E-state index contributed by atoms with van der Waals surface area (Å²) in [5, 5.41) is 6.42. The normalized spacial score (nSPS) is 18.7. The van der Waals surface area contributed by atoms with E-state index in [0.717, 1.165) is 31.1 Å². The largest absolute Gasteiger partial charge is 0.377 e. The third kappa shape index (κ3) is 6.10. The Balaban J connectivity index is 1.55. The highest BCUT2D eigenvalue weighted by Gasteiger charge is 2.14. The summed E-state index contributed by atoms with van der Waals surface area (Å²) in [6.45, 7) is 3.56. The van der Waals surface area contributed by atoms with Crippen molar-refractivity contribution in [3.05, 3.63) is 30.1 Å². The summed E-state index contributed by atoms with van der Waals surface area (Å²) in [5.41, 5.74) is 0.982. The predicted octanol–water partition coefficient (Wildman–Crippen LogP) is 0.942. The first-order chi connectivity index (χ1) is 10.4. The van der Waals surface area contributed by atoms with Crippen LogP contribution in [0.4, 0.5) is 0 Å². The fraction of sp³-hybridized carbons (Fsp3) is 0.600. The zero-order valence-electron chi connectivity index (χ0n) is 12.5. The van der Waals surface area contributed by atoms with Crippen molar-refractivity contribution in [1.29, 1.82) is 0 Å². The van der Waals surface area contributed by atoms with Crippen LogP contribution in [0.3, 0.4) is 0 Å². The molecule has 1 aromatic rings. The fourth-order valence-corrected chi connectivity index (χ4v) is 2.13. The van der Waals surface area contributed by atoms with Crippen molar-refractivity contribution in [2.75, 3.05) is 33.4 Å². The second kappa shape index (κ2) is 9.31. The van der Waals surface area contributed by atoms with Gasteiger partial charge in [-0.05, 0) is 25.0 Å². The number of nitrogens with one attached hydrogen (secondary N) is 2. The Bertz CT molecular complexity index is 419. The van der Waals surface area contributed by atoms with E-state index in [-0.39, 0.29) is 6.10 Å². The lowest BCUT2D eigenvalue weighted by molar-refractivity contribution is 0.0191. The van der Waals surface area contributed by atoms with Crippen molar-refractivity contribution < 1.29 is 9.47 Å². The SMILES string of the molecule is CN=C(NCCOCC1CCCO1)NCc1ccccn1. The van der Waals surface area contributed by atoms with Gasteiger partial charge < -0.3 is 20.1 Å². The summed E-state index contributed by atoms with van der Waals surface area (Å²) in [7, 11) is 1.75. The van der Waals surface area contributed by atoms with E-state index in [1.54, 1.807) is 13.2 Å². The van der Waals surface area contributed by atoms with Crippen LogP contribution in [-0.2, 0) is 16.0 Å². The Morgan fingerprint density at radius 2 is 2.43 bits per heavy atom. The van der Waals surface area contributed by atoms with Gasteiger partial charge in [0.2, 0.25) is 0 Å². The van der Waals surface area contributed by atoms with E-state index in [0.29, 0.717) is 26.3 Å². The third-order valence-electron chi connectivity index (χ3n) is 3.25. The summed E-state index contributed by atoms with van der Waals surface area (Å²) in [6.07, 6.45) is 4.33. The van der Waals surface area contributed by atoms with Crippen LogP contribution in [0.15, 0.2) is 29.4 Å². The number of ether oxygens (including phenoxy) is 2. The quantitative estimate of drug-likeness (QED) is 0.445. The predicted molar refractivity (Wildman–Crippen MR) is 82.2 cm³/mol. The number of hydrogen-bond acceptors (Lipinski definition) is 4. The van der Waals surface area contributed by atoms with Gasteiger partial charge in [-0.3, -0.25) is 9.98 Å². The van der Waals surface area contributed by atoms with Gasteiger partial charge in [0.15, 0.2) is 5.96 Å². The molecule has 1 atom stereocenters. The molecule has 1 aliphatic rings. The molecule has 1 aromatic heterocycles. The Kier molecular flexibility index (Phi) is 6.97. The first-order valence-corrected chi connectivity index (χ1v) is 7.42. The molecule has 21 heavy (non-hydrogen) atoms. The van der Waals surface area contributed by atoms with Gasteiger partial charge in [0.05, 0.1) is 31.6 Å². The van der Waals surface area contributed by atoms with E-state index >= 15 is 0 Å². The van der Waals surface area contributed by atoms with Crippen molar-refractivity contribution in [2.45, 2.75) is 25.5 Å². The minimum atomic E-state index is 0.284. The highest BCUT2D eigenvalue weighted by Crippen LogP contribution is 2.11. The molecule has 0 saturated carbocycles. The van der Waals surface area contributed by atoms with E-state index in [9.17, 15) is 0 Å². The van der Waals surface area contributed by atoms with Gasteiger partial charge in [0.25, 0.3) is 0 Å². The van der Waals surface area contributed by atoms with Crippen molar-refractivity contribution in [3.63, 3.8) is 0 Å². The first kappa shape index (κ1) is 15.7. The number of rotatable bonds is 7. The maximum atomic E-state index is 5.59. The molecular weight excluding hydrogens is 268 g/mol. The van der Waals surface area contributed by atoms with Crippen LogP contribution in [0.5, 0.6) is 0 Å². The molecule has 2 N–H and O–H groups in total. The molecule has 1 fully saturated rings. The van der Waals surface area contributed by atoms with Crippen molar-refractivity contribution >= 4 is 5.96 Å². The minimum Gasteiger partial charge on any atom is -0.377 e. The lowest BCUT2D eigenvalue weighted by atomic mass is 10.2. The van der Waals surface area contributed by atoms with Gasteiger partial charge in [-0.2, -0.15) is 0 Å². The molecule has 0 radical (unpaired) electrons. The smallest absolute Gasteiger partial charge is 0.191 e. The molecule has 2 rings (SSSR count). The summed E-state index contributed by atoms with van der Waals surface area (Å²) < 4.78 is 11.1. The Hall–Kier alpha value is -1.66. The summed E-state index contributed by atoms with van der Waals surface area (Å²) in [6, 6.07) is 5.85. The topological polar surface area (TPSA) is 67.8 Å². The Morgan fingerprint density at radius 1 is 1.48 bits per heavy atom. The van der Waals surface area contributed by atoms with Crippen LogP contribution in [0.1, 0.15) is 18.5 Å². The zero-order chi connectivity index (χ0) is 14.8. The molecule has 1 saturated heterocycles. The molecule has 0 amide bonds. The van der Waals surface area contributed by atoms with Crippen molar-refractivity contribution in [3.8, 4) is 0 Å². The van der Waals surface area contributed by atoms with E-state index in [1.807, 2.05) is 18.2 Å². The van der Waals surface area contributed by atoms with Crippen LogP contribution in [0.2, 0.25) is 0 Å². The Morgan fingerprint density at radius 3 is 3.14 bits per heavy atom. The lowest BCUT2D eigenvalue weighted by Crippen LogP contribution is -2.38. The first-order valence-electron chi connectivity index (χ1n) is 7.42. The number of hydrogen-bond donors (Lipinski definition) is 2. The molecule has 0 bridgehead atoms. The van der Waals surface area contributed by atoms with Crippen molar-refractivity contribution in [2.24, 2.45) is 4.99 Å². The van der Waals surface area contributed by atoms with Gasteiger partial charge in [0.1, 0.15) is 0 Å². The molecule has 0 spiro atoms. The highest BCUT2D eigenvalue weighted by atomic mass is 16.5.